The van der Waals surface area contributed by atoms with Gasteiger partial charge in [0, 0.05) is 11.8 Å². The zero-order valence-corrected chi connectivity index (χ0v) is 9.14. The van der Waals surface area contributed by atoms with E-state index >= 15 is 0 Å². The van der Waals surface area contributed by atoms with Gasteiger partial charge in [0.15, 0.2) is 9.99 Å². The molecule has 15 heavy (non-hydrogen) atoms. The first-order chi connectivity index (χ1) is 6.99. The van der Waals surface area contributed by atoms with Crippen molar-refractivity contribution in [1.82, 2.24) is 4.98 Å². The van der Waals surface area contributed by atoms with Gasteiger partial charge in [0.1, 0.15) is 5.56 Å². The van der Waals surface area contributed by atoms with Gasteiger partial charge in [-0.1, -0.05) is 0 Å². The molecule has 1 rings (SSSR count). The van der Waals surface area contributed by atoms with Crippen LogP contribution in [0.5, 0.6) is 0 Å². The second-order valence-corrected chi connectivity index (χ2v) is 3.46. The highest BCUT2D eigenvalue weighted by molar-refractivity contribution is 14.1. The normalized spacial score (nSPS) is 10.4. The van der Waals surface area contributed by atoms with Crippen LogP contribution in [0.3, 0.4) is 0 Å². The van der Waals surface area contributed by atoms with Crippen molar-refractivity contribution >= 4 is 34.6 Å². The van der Waals surface area contributed by atoms with Gasteiger partial charge in [0.25, 0.3) is 6.43 Å². The monoisotopic (exact) mass is 328 g/mol. The first-order valence-electron chi connectivity index (χ1n) is 3.55. The third kappa shape index (κ3) is 2.25. The predicted octanol–water partition coefficient (Wildman–Crippen LogP) is 2.34. The molecule has 0 aliphatic carbocycles. The van der Waals surface area contributed by atoms with Crippen molar-refractivity contribution in [3.63, 3.8) is 0 Å². The van der Waals surface area contributed by atoms with Crippen LogP contribution in [-0.2, 0) is 0 Å². The summed E-state index contributed by atoms with van der Waals surface area (Å²) in [5.41, 5.74) is -2.15. The minimum atomic E-state index is -3.08. The van der Waals surface area contributed by atoms with Crippen molar-refractivity contribution in [2.45, 2.75) is 6.43 Å². The lowest BCUT2D eigenvalue weighted by Crippen LogP contribution is -2.04. The SMILES string of the molecule is O=Cc1cnc(I)c([N+](=O)[O-])c1C(F)F. The van der Waals surface area contributed by atoms with E-state index < -0.39 is 28.2 Å². The van der Waals surface area contributed by atoms with Crippen molar-refractivity contribution in [2.24, 2.45) is 0 Å². The number of halogens is 3. The molecule has 0 bridgehead atoms. The molecule has 0 radical (unpaired) electrons. The molecule has 0 saturated carbocycles. The van der Waals surface area contributed by atoms with Gasteiger partial charge in [-0.2, -0.15) is 0 Å². The second kappa shape index (κ2) is 4.55. The number of aldehydes is 1. The van der Waals surface area contributed by atoms with Crippen LogP contribution >= 0.6 is 22.6 Å². The number of aromatic nitrogens is 1. The van der Waals surface area contributed by atoms with Gasteiger partial charge in [-0.25, -0.2) is 13.8 Å². The number of nitrogens with zero attached hydrogens (tertiary/aromatic N) is 2. The van der Waals surface area contributed by atoms with Gasteiger partial charge >= 0.3 is 5.69 Å². The molecule has 0 aliphatic heterocycles. The minimum Gasteiger partial charge on any atom is -0.298 e. The van der Waals surface area contributed by atoms with E-state index in [1.165, 1.54) is 22.6 Å². The lowest BCUT2D eigenvalue weighted by atomic mass is 10.1. The first kappa shape index (κ1) is 11.9. The third-order valence-electron chi connectivity index (χ3n) is 1.61. The third-order valence-corrected chi connectivity index (χ3v) is 2.40. The van der Waals surface area contributed by atoms with E-state index in [1.54, 1.807) is 0 Å². The summed E-state index contributed by atoms with van der Waals surface area (Å²) in [5.74, 6) is 0. The van der Waals surface area contributed by atoms with E-state index in [0.29, 0.717) is 0 Å². The van der Waals surface area contributed by atoms with Gasteiger partial charge in [0.2, 0.25) is 0 Å². The van der Waals surface area contributed by atoms with Crippen LogP contribution in [-0.4, -0.2) is 16.2 Å². The van der Waals surface area contributed by atoms with E-state index in [0.717, 1.165) is 6.20 Å². The summed E-state index contributed by atoms with van der Waals surface area (Å²) in [4.78, 5) is 23.5. The van der Waals surface area contributed by atoms with Crippen molar-refractivity contribution < 1.29 is 18.5 Å². The van der Waals surface area contributed by atoms with E-state index in [2.05, 4.69) is 4.98 Å². The topological polar surface area (TPSA) is 73.1 Å². The van der Waals surface area contributed by atoms with Gasteiger partial charge in [0.05, 0.1) is 4.92 Å². The summed E-state index contributed by atoms with van der Waals surface area (Å²) in [6.45, 7) is 0. The van der Waals surface area contributed by atoms with Crippen molar-refractivity contribution in [1.29, 1.82) is 0 Å². The van der Waals surface area contributed by atoms with Gasteiger partial charge in [-0.15, -0.1) is 0 Å². The number of rotatable bonds is 3. The smallest absolute Gasteiger partial charge is 0.298 e. The van der Waals surface area contributed by atoms with Crippen LogP contribution in [0, 0.1) is 13.8 Å². The number of carbonyl (C=O) groups is 1. The molecular formula is C7H3F2IN2O3. The molecule has 0 amide bonds. The number of hydrogen-bond acceptors (Lipinski definition) is 4. The molecule has 0 saturated heterocycles. The molecular weight excluding hydrogens is 325 g/mol. The molecule has 1 aromatic rings. The Labute approximate surface area is 95.8 Å². The summed E-state index contributed by atoms with van der Waals surface area (Å²) in [6, 6.07) is 0. The molecule has 0 aliphatic rings. The summed E-state index contributed by atoms with van der Waals surface area (Å²) in [5, 5.41) is 10.5. The average Bonchev–Trinajstić information content (AvgIpc) is 2.16. The first-order valence-corrected chi connectivity index (χ1v) is 4.63. The maximum Gasteiger partial charge on any atom is 0.310 e. The van der Waals surface area contributed by atoms with Crippen molar-refractivity contribution in [3.05, 3.63) is 31.1 Å². The molecule has 80 valence electrons. The Hall–Kier alpha value is -1.19. The molecule has 0 fully saturated rings. The van der Waals surface area contributed by atoms with Crippen LogP contribution in [0.15, 0.2) is 6.20 Å². The molecule has 5 nitrogen and oxygen atoms in total. The quantitative estimate of drug-likeness (QED) is 0.281. The van der Waals surface area contributed by atoms with Crippen molar-refractivity contribution in [2.75, 3.05) is 0 Å². The molecule has 0 aromatic carbocycles. The van der Waals surface area contributed by atoms with Gasteiger partial charge in [-0.3, -0.25) is 14.9 Å². The van der Waals surface area contributed by atoms with E-state index in [1.807, 2.05) is 0 Å². The fraction of sp³-hybridized carbons (Fsp3) is 0.143. The van der Waals surface area contributed by atoms with Crippen molar-refractivity contribution in [3.8, 4) is 0 Å². The minimum absolute atomic E-state index is 0.123. The Morgan fingerprint density at radius 3 is 2.60 bits per heavy atom. The fourth-order valence-electron chi connectivity index (χ4n) is 1.00. The fourth-order valence-corrected chi connectivity index (χ4v) is 1.63. The maximum atomic E-state index is 12.5. The Morgan fingerprint density at radius 1 is 1.60 bits per heavy atom. The molecule has 1 aromatic heterocycles. The number of alkyl halides is 2. The molecule has 0 N–H and O–H groups in total. The number of pyridine rings is 1. The zero-order valence-electron chi connectivity index (χ0n) is 6.99. The van der Waals surface area contributed by atoms with Crippen LogP contribution in [0.4, 0.5) is 14.5 Å². The highest BCUT2D eigenvalue weighted by Crippen LogP contribution is 2.33. The van der Waals surface area contributed by atoms with Crippen LogP contribution in [0.25, 0.3) is 0 Å². The predicted molar refractivity (Wildman–Crippen MR) is 54.0 cm³/mol. The van der Waals surface area contributed by atoms with Crippen LogP contribution in [0.2, 0.25) is 0 Å². The number of carbonyl (C=O) groups excluding carboxylic acids is 1. The molecule has 0 unspecified atom stereocenters. The molecule has 0 atom stereocenters. The Kier molecular flexibility index (Phi) is 3.61. The second-order valence-electron chi connectivity index (χ2n) is 2.44. The van der Waals surface area contributed by atoms with E-state index in [9.17, 15) is 23.7 Å². The molecule has 8 heteroatoms. The Bertz CT molecular complexity index is 425. The number of nitro groups is 1. The highest BCUT2D eigenvalue weighted by atomic mass is 127. The molecule has 1 heterocycles. The van der Waals surface area contributed by atoms with Gasteiger partial charge in [-0.05, 0) is 22.6 Å². The molecule has 0 spiro atoms. The van der Waals surface area contributed by atoms with E-state index in [-0.39, 0.29) is 9.99 Å². The van der Waals surface area contributed by atoms with Gasteiger partial charge < -0.3 is 0 Å². The summed E-state index contributed by atoms with van der Waals surface area (Å²) < 4.78 is 24.9. The highest BCUT2D eigenvalue weighted by Gasteiger charge is 2.29. The lowest BCUT2D eigenvalue weighted by Gasteiger charge is -2.05. The summed E-state index contributed by atoms with van der Waals surface area (Å²) in [6.07, 6.45) is -2.07. The standard InChI is InChI=1S/C7H3F2IN2O3/c8-6(9)4-3(2-13)1-11-7(10)5(4)12(14)15/h1-2,6H. The van der Waals surface area contributed by atoms with Crippen LogP contribution in [0.1, 0.15) is 22.3 Å². The largest absolute Gasteiger partial charge is 0.310 e. The maximum absolute atomic E-state index is 12.5. The van der Waals surface area contributed by atoms with E-state index in [4.69, 9.17) is 0 Å². The lowest BCUT2D eigenvalue weighted by molar-refractivity contribution is -0.387. The Morgan fingerprint density at radius 2 is 2.20 bits per heavy atom. The zero-order chi connectivity index (χ0) is 11.6. The summed E-state index contributed by atoms with van der Waals surface area (Å²) >= 11 is 1.47. The Balaban J connectivity index is 3.58. The van der Waals surface area contributed by atoms with Crippen LogP contribution < -0.4 is 0 Å². The summed E-state index contributed by atoms with van der Waals surface area (Å²) in [7, 11) is 0. The average molecular weight is 328 g/mol. The number of hydrogen-bond donors (Lipinski definition) is 0.